The van der Waals surface area contributed by atoms with E-state index in [0.29, 0.717) is 5.52 Å². The monoisotopic (exact) mass is 743 g/mol. The van der Waals surface area contributed by atoms with Gasteiger partial charge < -0.3 is 10.1 Å². The Bertz CT molecular complexity index is 2170. The van der Waals surface area contributed by atoms with Crippen molar-refractivity contribution in [3.8, 4) is 16.1 Å². The molecule has 0 fully saturated rings. The topological polar surface area (TPSA) is 225 Å². The summed E-state index contributed by atoms with van der Waals surface area (Å²) in [7, 11) is 0. The molecule has 0 bridgehead atoms. The van der Waals surface area contributed by atoms with Crippen LogP contribution in [0.5, 0.6) is 0 Å². The molecule has 5 heterocycles. The number of rotatable bonds is 5. The minimum atomic E-state index is -0.564. The number of hydrogen-bond donors (Lipinski definition) is 3. The van der Waals surface area contributed by atoms with Crippen LogP contribution in [0.1, 0.15) is 42.4 Å². The molecule has 7 rings (SSSR count). The molecule has 1 amide bonds. The molecule has 19 heteroatoms. The van der Waals surface area contributed by atoms with Crippen molar-refractivity contribution in [2.45, 2.75) is 37.8 Å². The molecule has 260 valence electrons. The predicted molar refractivity (Wildman–Crippen MR) is 196 cm³/mol. The van der Waals surface area contributed by atoms with Crippen molar-refractivity contribution in [3.05, 3.63) is 96.6 Å². The summed E-state index contributed by atoms with van der Waals surface area (Å²) in [6, 6.07) is 11.5. The molecule has 16 nitrogen and oxygen atoms in total. The highest BCUT2D eigenvalue weighted by atomic mass is 35.5. The van der Waals surface area contributed by atoms with Gasteiger partial charge in [-0.05, 0) is 74.0 Å². The highest BCUT2D eigenvalue weighted by Crippen LogP contribution is 2.28. The van der Waals surface area contributed by atoms with Crippen molar-refractivity contribution in [2.24, 2.45) is 10.8 Å². The molecular formula is C32H30ClN13O3S2. The van der Waals surface area contributed by atoms with Crippen molar-refractivity contribution in [1.29, 1.82) is 5.26 Å². The predicted octanol–water partition coefficient (Wildman–Crippen LogP) is 5.57. The van der Waals surface area contributed by atoms with E-state index in [-0.39, 0.29) is 18.1 Å². The highest BCUT2D eigenvalue weighted by Gasteiger charge is 2.20. The standard InChI is InChI=1S/C14H10N6S.C13H13N3O2S.C5H6N4O.ClH/c1-2-11(5-10-7-16-6-9(1)10)18-14-20-19-13(21-14)12-8-15-3-4-17-12;1-13(2,3)18-12(17)16-11-5-4-10(19-8-14)6-9(11)7-15-16;6-9-5(10)4-3-7-1-2-8-4;/h1-5,7-8H,6H2,(H,18,20);4-7H,1-3H3;1-3H,6H2,(H,9,10);1H. The van der Waals surface area contributed by atoms with Gasteiger partial charge in [0.15, 0.2) is 5.01 Å². The third-order valence-electron chi connectivity index (χ3n) is 6.29. The first kappa shape index (κ1) is 37.9. The van der Waals surface area contributed by atoms with E-state index in [9.17, 15) is 9.59 Å². The number of aromatic nitrogens is 8. The average Bonchev–Trinajstić information content (AvgIpc) is 3.89. The van der Waals surface area contributed by atoms with E-state index in [1.54, 1.807) is 57.7 Å². The molecule has 0 radical (unpaired) electrons. The van der Waals surface area contributed by atoms with Gasteiger partial charge in [0.2, 0.25) is 5.13 Å². The van der Waals surface area contributed by atoms with Crippen molar-refractivity contribution < 1.29 is 14.3 Å². The average molecular weight is 744 g/mol. The number of thioether (sulfide) groups is 1. The fourth-order valence-corrected chi connectivity index (χ4v) is 5.31. The number of hydrogen-bond acceptors (Lipinski definition) is 16. The summed E-state index contributed by atoms with van der Waals surface area (Å²) in [6.45, 7) is 6.18. The van der Waals surface area contributed by atoms with Gasteiger partial charge in [0.05, 0.1) is 30.7 Å². The SMILES string of the molecule is C1=NCc2ccc(Nc3nnc(-c4cnccn4)s3)cc21.CC(C)(C)OC(=O)n1ncc2cc(SC#N)ccc21.Cl.NNC(=O)c1cnccn1. The normalized spacial score (nSPS) is 11.0. The zero-order chi connectivity index (χ0) is 35.5. The number of nitrogens with two attached hydrogens (primary N) is 1. The number of halogens is 1. The zero-order valence-electron chi connectivity index (χ0n) is 27.3. The Morgan fingerprint density at radius 2 is 1.80 bits per heavy atom. The van der Waals surface area contributed by atoms with Crippen LogP contribution in [0.3, 0.4) is 0 Å². The van der Waals surface area contributed by atoms with Gasteiger partial charge in [0, 0.05) is 47.0 Å². The van der Waals surface area contributed by atoms with Gasteiger partial charge in [-0.15, -0.1) is 22.6 Å². The number of amides is 1. The highest BCUT2D eigenvalue weighted by molar-refractivity contribution is 8.03. The smallest absolute Gasteiger partial charge is 0.435 e. The molecule has 1 aliphatic rings. The summed E-state index contributed by atoms with van der Waals surface area (Å²) in [5.41, 5.74) is 6.35. The quantitative estimate of drug-likeness (QED) is 0.0646. The van der Waals surface area contributed by atoms with Crippen molar-refractivity contribution in [2.75, 3.05) is 5.32 Å². The zero-order valence-corrected chi connectivity index (χ0v) is 29.7. The maximum atomic E-state index is 12.0. The van der Waals surface area contributed by atoms with E-state index < -0.39 is 17.6 Å². The molecule has 0 saturated heterocycles. The molecule has 0 atom stereocenters. The van der Waals surface area contributed by atoms with Crippen molar-refractivity contribution in [3.63, 3.8) is 0 Å². The lowest BCUT2D eigenvalue weighted by molar-refractivity contribution is 0.0522. The second kappa shape index (κ2) is 17.7. The number of nitrogens with one attached hydrogen (secondary N) is 2. The van der Waals surface area contributed by atoms with Crippen LogP contribution in [0, 0.1) is 10.7 Å². The molecule has 4 aromatic heterocycles. The third-order valence-corrected chi connectivity index (χ3v) is 7.73. The number of carbonyl (C=O) groups excluding carboxylic acids is 2. The van der Waals surface area contributed by atoms with Gasteiger partial charge >= 0.3 is 6.09 Å². The summed E-state index contributed by atoms with van der Waals surface area (Å²) in [4.78, 5) is 43.3. The van der Waals surface area contributed by atoms with Crippen LogP contribution in [0.2, 0.25) is 0 Å². The van der Waals surface area contributed by atoms with Crippen LogP contribution >= 0.6 is 35.5 Å². The molecule has 51 heavy (non-hydrogen) atoms. The number of thiocyanates is 1. The number of ether oxygens (including phenoxy) is 1. The Hall–Kier alpha value is -5.87. The fraction of sp³-hybridized carbons (Fsp3) is 0.156. The Labute approximate surface area is 306 Å². The molecule has 0 spiro atoms. The summed E-state index contributed by atoms with van der Waals surface area (Å²) in [5, 5.41) is 28.5. The Morgan fingerprint density at radius 1 is 1.02 bits per heavy atom. The van der Waals surface area contributed by atoms with Crippen LogP contribution in [0.25, 0.3) is 21.6 Å². The number of anilines is 2. The van der Waals surface area contributed by atoms with E-state index >= 15 is 0 Å². The molecule has 1 aliphatic heterocycles. The molecule has 0 saturated carbocycles. The van der Waals surface area contributed by atoms with Crippen LogP contribution < -0.4 is 16.6 Å². The summed E-state index contributed by atoms with van der Waals surface area (Å²) in [6.07, 6.45) is 12.2. The van der Waals surface area contributed by atoms with Crippen molar-refractivity contribution in [1.82, 2.24) is 45.3 Å². The lowest BCUT2D eigenvalue weighted by Gasteiger charge is -2.19. The van der Waals surface area contributed by atoms with Gasteiger partial charge in [-0.3, -0.25) is 30.2 Å². The van der Waals surface area contributed by atoms with Crippen LogP contribution in [0.4, 0.5) is 15.6 Å². The molecular weight excluding hydrogens is 714 g/mol. The summed E-state index contributed by atoms with van der Waals surface area (Å²) < 4.78 is 6.50. The van der Waals surface area contributed by atoms with Gasteiger partial charge in [0.1, 0.15) is 22.4 Å². The van der Waals surface area contributed by atoms with E-state index in [2.05, 4.69) is 57.7 Å². The number of carbonyl (C=O) groups is 2. The van der Waals surface area contributed by atoms with Gasteiger partial charge in [-0.2, -0.15) is 15.0 Å². The first-order chi connectivity index (χ1) is 24.1. The summed E-state index contributed by atoms with van der Waals surface area (Å²) in [5.74, 6) is 4.40. The minimum Gasteiger partial charge on any atom is -0.442 e. The minimum absolute atomic E-state index is 0. The Morgan fingerprint density at radius 3 is 2.49 bits per heavy atom. The van der Waals surface area contributed by atoms with E-state index in [1.165, 1.54) is 40.2 Å². The van der Waals surface area contributed by atoms with E-state index in [0.717, 1.165) is 55.7 Å². The first-order valence-electron chi connectivity index (χ1n) is 14.7. The Kier molecular flexibility index (Phi) is 13.2. The van der Waals surface area contributed by atoms with Crippen LogP contribution in [-0.2, 0) is 11.3 Å². The van der Waals surface area contributed by atoms with Crippen molar-refractivity contribution >= 4 is 75.4 Å². The number of aliphatic imine (C=N–C) groups is 1. The largest absolute Gasteiger partial charge is 0.442 e. The lowest BCUT2D eigenvalue weighted by Crippen LogP contribution is -2.30. The molecule has 0 aliphatic carbocycles. The number of hydrazine groups is 1. The van der Waals surface area contributed by atoms with Crippen LogP contribution in [0.15, 0.2) is 89.7 Å². The Balaban J connectivity index is 0.000000180. The molecule has 4 N–H and O–H groups in total. The fourth-order valence-electron chi connectivity index (χ4n) is 4.16. The second-order valence-electron chi connectivity index (χ2n) is 11.0. The summed E-state index contributed by atoms with van der Waals surface area (Å²) >= 11 is 2.51. The lowest BCUT2D eigenvalue weighted by atomic mass is 10.1. The van der Waals surface area contributed by atoms with Gasteiger partial charge in [0.25, 0.3) is 5.91 Å². The molecule has 6 aromatic rings. The van der Waals surface area contributed by atoms with Gasteiger partial charge in [-0.1, -0.05) is 17.4 Å². The second-order valence-corrected chi connectivity index (χ2v) is 12.9. The molecule has 2 aromatic carbocycles. The third kappa shape index (κ3) is 10.6. The van der Waals surface area contributed by atoms with Gasteiger partial charge in [-0.25, -0.2) is 15.6 Å². The maximum Gasteiger partial charge on any atom is 0.435 e. The number of fused-ring (bicyclic) bond motifs is 2. The number of nitriles is 1. The number of nitrogen functional groups attached to an aromatic ring is 1. The molecule has 0 unspecified atom stereocenters. The van der Waals surface area contributed by atoms with E-state index in [1.807, 2.05) is 29.2 Å². The maximum absolute atomic E-state index is 12.0. The number of nitrogens with zero attached hydrogens (tertiary/aromatic N) is 10. The number of benzene rings is 2. The van der Waals surface area contributed by atoms with E-state index in [4.69, 9.17) is 15.8 Å². The van der Waals surface area contributed by atoms with Crippen LogP contribution in [-0.4, -0.2) is 63.7 Å². The first-order valence-corrected chi connectivity index (χ1v) is 16.3.